The molecule has 0 atom stereocenters. The first kappa shape index (κ1) is 10.2. The first-order valence-electron chi connectivity index (χ1n) is 4.85. The quantitative estimate of drug-likeness (QED) is 0.795. The largest absolute Gasteiger partial charge is 0.234 e. The van der Waals surface area contributed by atoms with Crippen LogP contribution in [0.1, 0.15) is 18.9 Å². The lowest BCUT2D eigenvalue weighted by Gasteiger charge is -1.96. The van der Waals surface area contributed by atoms with Crippen LogP contribution in [-0.2, 0) is 6.42 Å². The van der Waals surface area contributed by atoms with Gasteiger partial charge in [-0.05, 0) is 12.0 Å². The lowest BCUT2D eigenvalue weighted by molar-refractivity contribution is 0.640. The Labute approximate surface area is 92.4 Å². The van der Waals surface area contributed by atoms with Gasteiger partial charge in [-0.25, -0.2) is 9.97 Å². The van der Waals surface area contributed by atoms with Gasteiger partial charge in [0.05, 0.1) is 0 Å². The fourth-order valence-corrected chi connectivity index (χ4v) is 2.19. The Morgan fingerprint density at radius 2 is 1.93 bits per heavy atom. The molecule has 2 heterocycles. The summed E-state index contributed by atoms with van der Waals surface area (Å²) in [5, 5.41) is 10.1. The number of rotatable bonds is 3. The average molecular weight is 220 g/mol. The number of hydrogen-bond acceptors (Lipinski definition) is 5. The monoisotopic (exact) mass is 220 g/mol. The van der Waals surface area contributed by atoms with Gasteiger partial charge in [0.1, 0.15) is 5.01 Å². The molecule has 5 heteroatoms. The van der Waals surface area contributed by atoms with Gasteiger partial charge in [-0.15, -0.1) is 10.2 Å². The number of hydrogen-bond donors (Lipinski definition) is 0. The SMILES string of the molecule is CC(C)Cc1nnc(-c2ncccn2)s1. The van der Waals surface area contributed by atoms with Crippen LogP contribution in [0.3, 0.4) is 0 Å². The Kier molecular flexibility index (Phi) is 3.01. The van der Waals surface area contributed by atoms with Crippen LogP contribution in [0.15, 0.2) is 18.5 Å². The molecule has 0 amide bonds. The Morgan fingerprint density at radius 1 is 1.20 bits per heavy atom. The van der Waals surface area contributed by atoms with Crippen molar-refractivity contribution in [2.24, 2.45) is 5.92 Å². The topological polar surface area (TPSA) is 51.6 Å². The zero-order valence-corrected chi connectivity index (χ0v) is 9.53. The molecule has 0 unspecified atom stereocenters. The molecule has 2 aromatic rings. The van der Waals surface area contributed by atoms with E-state index >= 15 is 0 Å². The predicted molar refractivity (Wildman–Crippen MR) is 59.5 cm³/mol. The highest BCUT2D eigenvalue weighted by molar-refractivity contribution is 7.14. The maximum atomic E-state index is 4.14. The first-order chi connectivity index (χ1) is 7.25. The zero-order valence-electron chi connectivity index (χ0n) is 8.71. The first-order valence-corrected chi connectivity index (χ1v) is 5.67. The van der Waals surface area contributed by atoms with Crippen molar-refractivity contribution in [3.05, 3.63) is 23.5 Å². The minimum atomic E-state index is 0.600. The average Bonchev–Trinajstić information content (AvgIpc) is 2.67. The van der Waals surface area contributed by atoms with Gasteiger partial charge in [-0.3, -0.25) is 0 Å². The van der Waals surface area contributed by atoms with E-state index in [0.29, 0.717) is 11.7 Å². The molecule has 0 aromatic carbocycles. The molecule has 15 heavy (non-hydrogen) atoms. The highest BCUT2D eigenvalue weighted by atomic mass is 32.1. The van der Waals surface area contributed by atoms with Crippen LogP contribution in [0.25, 0.3) is 10.8 Å². The van der Waals surface area contributed by atoms with E-state index in [1.54, 1.807) is 29.8 Å². The Hall–Kier alpha value is -1.36. The van der Waals surface area contributed by atoms with E-state index in [0.717, 1.165) is 16.4 Å². The van der Waals surface area contributed by atoms with Gasteiger partial charge in [0.2, 0.25) is 0 Å². The van der Waals surface area contributed by atoms with Gasteiger partial charge in [0.25, 0.3) is 0 Å². The van der Waals surface area contributed by atoms with E-state index in [4.69, 9.17) is 0 Å². The number of aromatic nitrogens is 4. The van der Waals surface area contributed by atoms with Crippen LogP contribution in [0.5, 0.6) is 0 Å². The van der Waals surface area contributed by atoms with Gasteiger partial charge in [0, 0.05) is 18.8 Å². The maximum absolute atomic E-state index is 4.14. The summed E-state index contributed by atoms with van der Waals surface area (Å²) in [6.45, 7) is 4.33. The molecule has 0 bridgehead atoms. The van der Waals surface area contributed by atoms with Crippen molar-refractivity contribution >= 4 is 11.3 Å². The summed E-state index contributed by atoms with van der Waals surface area (Å²) in [7, 11) is 0. The number of nitrogens with zero attached hydrogens (tertiary/aromatic N) is 4. The van der Waals surface area contributed by atoms with Crippen molar-refractivity contribution in [3.8, 4) is 10.8 Å². The summed E-state index contributed by atoms with van der Waals surface area (Å²) in [6.07, 6.45) is 4.39. The summed E-state index contributed by atoms with van der Waals surface area (Å²) in [4.78, 5) is 8.28. The van der Waals surface area contributed by atoms with Crippen LogP contribution in [-0.4, -0.2) is 20.2 Å². The van der Waals surface area contributed by atoms with Gasteiger partial charge >= 0.3 is 0 Å². The molecule has 4 nitrogen and oxygen atoms in total. The van der Waals surface area contributed by atoms with Crippen molar-refractivity contribution in [1.29, 1.82) is 0 Å². The molecule has 78 valence electrons. The second-order valence-corrected chi connectivity index (χ2v) is 4.73. The van der Waals surface area contributed by atoms with Crippen molar-refractivity contribution < 1.29 is 0 Å². The van der Waals surface area contributed by atoms with Gasteiger partial charge in [-0.1, -0.05) is 25.2 Å². The Bertz CT molecular complexity index is 424. The van der Waals surface area contributed by atoms with Crippen LogP contribution in [0, 0.1) is 5.92 Å². The molecule has 2 rings (SSSR count). The highest BCUT2D eigenvalue weighted by Gasteiger charge is 2.09. The van der Waals surface area contributed by atoms with E-state index in [2.05, 4.69) is 34.0 Å². The van der Waals surface area contributed by atoms with Crippen LogP contribution < -0.4 is 0 Å². The fraction of sp³-hybridized carbons (Fsp3) is 0.400. The van der Waals surface area contributed by atoms with Crippen molar-refractivity contribution in [2.75, 3.05) is 0 Å². The summed E-state index contributed by atoms with van der Waals surface area (Å²) in [5.41, 5.74) is 0. The summed E-state index contributed by atoms with van der Waals surface area (Å²) < 4.78 is 0. The molecule has 0 saturated carbocycles. The molecular weight excluding hydrogens is 208 g/mol. The second-order valence-electron chi connectivity index (χ2n) is 3.67. The van der Waals surface area contributed by atoms with E-state index in [-0.39, 0.29) is 0 Å². The van der Waals surface area contributed by atoms with Gasteiger partial charge in [0.15, 0.2) is 10.8 Å². The van der Waals surface area contributed by atoms with Crippen LogP contribution in [0.2, 0.25) is 0 Å². The molecule has 0 aliphatic heterocycles. The van der Waals surface area contributed by atoms with Crippen LogP contribution >= 0.6 is 11.3 Å². The minimum Gasteiger partial charge on any atom is -0.234 e. The molecule has 0 spiro atoms. The molecule has 0 aliphatic rings. The zero-order chi connectivity index (χ0) is 10.7. The molecule has 0 aliphatic carbocycles. The van der Waals surface area contributed by atoms with E-state index in [1.807, 2.05) is 0 Å². The molecule has 0 radical (unpaired) electrons. The van der Waals surface area contributed by atoms with E-state index in [1.165, 1.54) is 0 Å². The van der Waals surface area contributed by atoms with Crippen LogP contribution in [0.4, 0.5) is 0 Å². The van der Waals surface area contributed by atoms with Crippen molar-refractivity contribution in [2.45, 2.75) is 20.3 Å². The summed E-state index contributed by atoms with van der Waals surface area (Å²) >= 11 is 1.57. The highest BCUT2D eigenvalue weighted by Crippen LogP contribution is 2.20. The molecular formula is C10H12N4S. The standard InChI is InChI=1S/C10H12N4S/c1-7(2)6-8-13-14-10(15-8)9-11-4-3-5-12-9/h3-5,7H,6H2,1-2H3. The van der Waals surface area contributed by atoms with Gasteiger partial charge < -0.3 is 0 Å². The predicted octanol–water partition coefficient (Wildman–Crippen LogP) is 2.19. The third-order valence-electron chi connectivity index (χ3n) is 1.81. The lowest BCUT2D eigenvalue weighted by Crippen LogP contribution is -1.92. The van der Waals surface area contributed by atoms with Gasteiger partial charge in [-0.2, -0.15) is 0 Å². The summed E-state index contributed by atoms with van der Waals surface area (Å²) in [6, 6.07) is 1.79. The minimum absolute atomic E-state index is 0.600. The van der Waals surface area contributed by atoms with Crippen molar-refractivity contribution in [3.63, 3.8) is 0 Å². The third kappa shape index (κ3) is 2.56. The van der Waals surface area contributed by atoms with E-state index < -0.39 is 0 Å². The third-order valence-corrected chi connectivity index (χ3v) is 2.75. The summed E-state index contributed by atoms with van der Waals surface area (Å²) in [5.74, 6) is 1.26. The Morgan fingerprint density at radius 3 is 2.60 bits per heavy atom. The lowest BCUT2D eigenvalue weighted by atomic mass is 10.1. The Balaban J connectivity index is 2.21. The molecule has 0 saturated heterocycles. The normalized spacial score (nSPS) is 10.9. The smallest absolute Gasteiger partial charge is 0.190 e. The second kappa shape index (κ2) is 4.44. The molecule has 0 N–H and O–H groups in total. The fourth-order valence-electron chi connectivity index (χ4n) is 1.19. The maximum Gasteiger partial charge on any atom is 0.190 e. The van der Waals surface area contributed by atoms with E-state index in [9.17, 15) is 0 Å². The van der Waals surface area contributed by atoms with Crippen molar-refractivity contribution in [1.82, 2.24) is 20.2 Å². The molecule has 0 fully saturated rings. The molecule has 2 aromatic heterocycles.